The molecule has 2 nitrogen and oxygen atoms in total. The molecule has 4 heteroatoms. The zero-order valence-corrected chi connectivity index (χ0v) is 10.9. The molecule has 0 fully saturated rings. The van der Waals surface area contributed by atoms with Gasteiger partial charge in [-0.05, 0) is 29.2 Å². The fraction of sp³-hybridized carbons (Fsp3) is 0.200. The molecule has 0 aliphatic carbocycles. The topological polar surface area (TPSA) is 18.5 Å². The van der Waals surface area contributed by atoms with Gasteiger partial charge in [-0.2, -0.15) is 0 Å². The summed E-state index contributed by atoms with van der Waals surface area (Å²) in [5, 5.41) is 0. The van der Waals surface area contributed by atoms with Gasteiger partial charge in [0, 0.05) is 0 Å². The van der Waals surface area contributed by atoms with Crippen molar-refractivity contribution in [3.63, 3.8) is 0 Å². The molecule has 2 rings (SSSR count). The molecule has 0 aliphatic heterocycles. The molecule has 0 saturated heterocycles. The lowest BCUT2D eigenvalue weighted by molar-refractivity contribution is 0.0892. The van der Waals surface area contributed by atoms with Crippen LogP contribution >= 0.6 is 0 Å². The highest BCUT2D eigenvalue weighted by atomic mass is 19.1. The molecule has 0 bridgehead atoms. The van der Waals surface area contributed by atoms with Gasteiger partial charge in [-0.15, -0.1) is 0 Å². The molecule has 0 spiro atoms. The van der Waals surface area contributed by atoms with E-state index in [1.165, 1.54) is 12.1 Å². The first-order valence-corrected chi connectivity index (χ1v) is 6.26. The molecule has 0 amide bonds. The van der Waals surface area contributed by atoms with Crippen molar-refractivity contribution < 1.29 is 13.9 Å². The van der Waals surface area contributed by atoms with E-state index in [1.54, 1.807) is 6.07 Å². The molecule has 2 aromatic carbocycles. The summed E-state index contributed by atoms with van der Waals surface area (Å²) in [6.45, 7) is 1.54. The second-order valence-electron chi connectivity index (χ2n) is 4.30. The summed E-state index contributed by atoms with van der Waals surface area (Å²) in [7, 11) is 1.82. The van der Waals surface area contributed by atoms with E-state index in [0.717, 1.165) is 11.0 Å². The van der Waals surface area contributed by atoms with Crippen molar-refractivity contribution in [2.75, 3.05) is 13.2 Å². The van der Waals surface area contributed by atoms with E-state index in [4.69, 9.17) is 9.47 Å². The molecule has 0 heterocycles. The van der Waals surface area contributed by atoms with Gasteiger partial charge in [-0.25, -0.2) is 4.39 Å². The monoisotopic (exact) mass is 258 g/mol. The van der Waals surface area contributed by atoms with Crippen LogP contribution in [0.25, 0.3) is 0 Å². The first kappa shape index (κ1) is 13.6. The predicted molar refractivity (Wildman–Crippen MR) is 76.2 cm³/mol. The minimum absolute atomic E-state index is 0.245. The zero-order chi connectivity index (χ0) is 13.5. The zero-order valence-electron chi connectivity index (χ0n) is 10.9. The van der Waals surface area contributed by atoms with Gasteiger partial charge in [-0.3, -0.25) is 0 Å². The Labute approximate surface area is 113 Å². The average Bonchev–Trinajstić information content (AvgIpc) is 2.42. The summed E-state index contributed by atoms with van der Waals surface area (Å²) in [5.74, 6) is 0.454. The number of hydrogen-bond acceptors (Lipinski definition) is 2. The van der Waals surface area contributed by atoms with Gasteiger partial charge in [-0.1, -0.05) is 30.3 Å². The molecule has 98 valence electrons. The Balaban J connectivity index is 1.69. The number of rotatable bonds is 6. The normalized spacial score (nSPS) is 10.4. The second-order valence-corrected chi connectivity index (χ2v) is 4.30. The smallest absolute Gasteiger partial charge is 0.144 e. The first-order valence-electron chi connectivity index (χ1n) is 6.26. The van der Waals surface area contributed by atoms with Crippen LogP contribution in [0, 0.1) is 5.82 Å². The third-order valence-corrected chi connectivity index (χ3v) is 2.73. The highest BCUT2D eigenvalue weighted by Crippen LogP contribution is 2.07. The van der Waals surface area contributed by atoms with E-state index >= 15 is 0 Å². The predicted octanol–water partition coefficient (Wildman–Crippen LogP) is 1.68. The van der Waals surface area contributed by atoms with Gasteiger partial charge in [0.05, 0.1) is 13.2 Å². The fourth-order valence-corrected chi connectivity index (χ4v) is 1.75. The lowest BCUT2D eigenvalue weighted by atomic mass is 9.95. The Morgan fingerprint density at radius 3 is 2.53 bits per heavy atom. The van der Waals surface area contributed by atoms with Crippen LogP contribution in [0.5, 0.6) is 5.75 Å². The summed E-state index contributed by atoms with van der Waals surface area (Å²) in [6, 6.07) is 14.5. The molecule has 0 N–H and O–H groups in total. The maximum Gasteiger partial charge on any atom is 0.144 e. The van der Waals surface area contributed by atoms with Gasteiger partial charge in [0.25, 0.3) is 0 Å². The lowest BCUT2D eigenvalue weighted by Crippen LogP contribution is -2.13. The van der Waals surface area contributed by atoms with Crippen molar-refractivity contribution >= 4 is 13.3 Å². The van der Waals surface area contributed by atoms with Crippen molar-refractivity contribution in [1.29, 1.82) is 0 Å². The van der Waals surface area contributed by atoms with Gasteiger partial charge < -0.3 is 9.47 Å². The van der Waals surface area contributed by atoms with Crippen LogP contribution in [0.2, 0.25) is 0 Å². The molecule has 0 saturated carbocycles. The number of ether oxygens (including phenoxy) is 2. The van der Waals surface area contributed by atoms with Crippen LogP contribution in [0.4, 0.5) is 4.39 Å². The van der Waals surface area contributed by atoms with Crippen LogP contribution in [0.3, 0.4) is 0 Å². The van der Waals surface area contributed by atoms with Gasteiger partial charge in [0.2, 0.25) is 0 Å². The van der Waals surface area contributed by atoms with E-state index in [-0.39, 0.29) is 5.82 Å². The number of hydrogen-bond donors (Lipinski definition) is 0. The molecule has 0 unspecified atom stereocenters. The van der Waals surface area contributed by atoms with Crippen molar-refractivity contribution in [2.24, 2.45) is 0 Å². The maximum atomic E-state index is 12.9. The first-order chi connectivity index (χ1) is 9.25. The quantitative estimate of drug-likeness (QED) is 0.579. The Morgan fingerprint density at radius 2 is 1.79 bits per heavy atom. The van der Waals surface area contributed by atoms with Crippen LogP contribution in [0.1, 0.15) is 5.56 Å². The Hall–Kier alpha value is -1.81. The summed E-state index contributed by atoms with van der Waals surface area (Å²) in [6.07, 6.45) is 0. The van der Waals surface area contributed by atoms with E-state index in [1.807, 2.05) is 38.2 Å². The van der Waals surface area contributed by atoms with E-state index in [9.17, 15) is 4.39 Å². The van der Waals surface area contributed by atoms with Crippen LogP contribution in [0.15, 0.2) is 48.5 Å². The summed E-state index contributed by atoms with van der Waals surface area (Å²) >= 11 is 0. The van der Waals surface area contributed by atoms with Crippen LogP contribution < -0.4 is 10.2 Å². The highest BCUT2D eigenvalue weighted by molar-refractivity contribution is 6.34. The van der Waals surface area contributed by atoms with Crippen molar-refractivity contribution in [3.8, 4) is 5.75 Å². The van der Waals surface area contributed by atoms with Gasteiger partial charge >= 0.3 is 0 Å². The molecule has 0 aliphatic rings. The maximum absolute atomic E-state index is 12.9. The van der Waals surface area contributed by atoms with Crippen molar-refractivity contribution in [1.82, 2.24) is 0 Å². The summed E-state index contributed by atoms with van der Waals surface area (Å²) in [4.78, 5) is 0. The average molecular weight is 258 g/mol. The largest absolute Gasteiger partial charge is 0.492 e. The highest BCUT2D eigenvalue weighted by Gasteiger charge is 2.00. The lowest BCUT2D eigenvalue weighted by Gasteiger charge is -2.09. The van der Waals surface area contributed by atoms with Crippen molar-refractivity contribution in [2.45, 2.75) is 6.61 Å². The third kappa shape index (κ3) is 4.41. The molecule has 0 atom stereocenters. The molecule has 0 aromatic heterocycles. The SMILES string of the molecule is Bc1cc(F)ccc1OCCOCc1ccccc1. The van der Waals surface area contributed by atoms with Crippen LogP contribution in [-0.4, -0.2) is 21.1 Å². The standard InChI is InChI=1S/C15H16BFO2/c16-14-10-13(17)6-7-15(14)19-9-8-18-11-12-4-2-1-3-5-12/h1-7,10H,8-9,11,16H2. The molecule has 0 radical (unpaired) electrons. The Morgan fingerprint density at radius 1 is 1.00 bits per heavy atom. The fourth-order valence-electron chi connectivity index (χ4n) is 1.75. The molecule has 19 heavy (non-hydrogen) atoms. The van der Waals surface area contributed by atoms with E-state index in [2.05, 4.69) is 0 Å². The van der Waals surface area contributed by atoms with E-state index < -0.39 is 0 Å². The number of halogens is 1. The van der Waals surface area contributed by atoms with Crippen molar-refractivity contribution in [3.05, 3.63) is 59.9 Å². The summed E-state index contributed by atoms with van der Waals surface area (Å²) < 4.78 is 23.9. The van der Waals surface area contributed by atoms with Crippen LogP contribution in [-0.2, 0) is 11.3 Å². The van der Waals surface area contributed by atoms with Gasteiger partial charge in [0.15, 0.2) is 0 Å². The van der Waals surface area contributed by atoms with Gasteiger partial charge in [0.1, 0.15) is 26.0 Å². The molecule has 2 aromatic rings. The minimum Gasteiger partial charge on any atom is -0.492 e. The molecular weight excluding hydrogens is 242 g/mol. The molecular formula is C15H16BFO2. The summed E-state index contributed by atoms with van der Waals surface area (Å²) in [5.41, 5.74) is 1.93. The number of benzene rings is 2. The third-order valence-electron chi connectivity index (χ3n) is 2.73. The second kappa shape index (κ2) is 6.95. The minimum atomic E-state index is -0.245. The Bertz CT molecular complexity index is 517. The van der Waals surface area contributed by atoms with E-state index in [0.29, 0.717) is 25.6 Å². The Kier molecular flexibility index (Phi) is 4.98.